The molecule has 3 aromatic rings. The van der Waals surface area contributed by atoms with Gasteiger partial charge in [0.15, 0.2) is 0 Å². The van der Waals surface area contributed by atoms with Crippen LogP contribution in [0.1, 0.15) is 22.0 Å². The molecule has 1 heterocycles. The van der Waals surface area contributed by atoms with E-state index in [1.165, 1.54) is 23.8 Å². The van der Waals surface area contributed by atoms with Gasteiger partial charge in [-0.1, -0.05) is 47.5 Å². The molecule has 0 aliphatic heterocycles. The normalized spacial score (nSPS) is 12.0. The van der Waals surface area contributed by atoms with Crippen molar-refractivity contribution in [3.05, 3.63) is 86.8 Å². The van der Waals surface area contributed by atoms with E-state index in [1.807, 2.05) is 48.7 Å². The lowest BCUT2D eigenvalue weighted by molar-refractivity contribution is -0.115. The minimum absolute atomic E-state index is 0.0541. The van der Waals surface area contributed by atoms with Crippen LogP contribution in [0.5, 0.6) is 0 Å². The number of nitrogens with one attached hydrogen (secondary N) is 2. The Labute approximate surface area is 160 Å². The van der Waals surface area contributed by atoms with Gasteiger partial charge >= 0.3 is 0 Å². The molecule has 1 amide bonds. The van der Waals surface area contributed by atoms with Crippen LogP contribution in [-0.4, -0.2) is 12.5 Å². The first kappa shape index (κ1) is 18.6. The topological polar surface area (TPSA) is 41.1 Å². The van der Waals surface area contributed by atoms with Gasteiger partial charge in [0.05, 0.1) is 18.3 Å². The van der Waals surface area contributed by atoms with Gasteiger partial charge in [0.2, 0.25) is 5.91 Å². The molecule has 0 radical (unpaired) electrons. The molecule has 3 nitrogen and oxygen atoms in total. The van der Waals surface area contributed by atoms with Crippen molar-refractivity contribution in [2.45, 2.75) is 13.0 Å². The van der Waals surface area contributed by atoms with Crippen molar-refractivity contribution in [1.29, 1.82) is 0 Å². The van der Waals surface area contributed by atoms with Gasteiger partial charge < -0.3 is 5.32 Å². The minimum atomic E-state index is -0.556. The Hall–Kier alpha value is -2.21. The summed E-state index contributed by atoms with van der Waals surface area (Å²) >= 11 is 7.35. The van der Waals surface area contributed by atoms with Crippen LogP contribution in [0.15, 0.2) is 60.0 Å². The van der Waals surface area contributed by atoms with E-state index in [4.69, 9.17) is 11.6 Å². The number of carbonyl (C=O) groups is 1. The van der Waals surface area contributed by atoms with Crippen LogP contribution < -0.4 is 10.6 Å². The zero-order valence-corrected chi connectivity index (χ0v) is 15.7. The largest absolute Gasteiger partial charge is 0.322 e. The SMILES string of the molecule is Cc1ccc([C@@H](NCC(=O)Nc2ccc(Cl)cc2F)c2cccs2)cc1. The lowest BCUT2D eigenvalue weighted by atomic mass is 10.0. The van der Waals surface area contributed by atoms with Crippen LogP contribution >= 0.6 is 22.9 Å². The van der Waals surface area contributed by atoms with E-state index in [1.54, 1.807) is 11.3 Å². The predicted molar refractivity (Wildman–Crippen MR) is 105 cm³/mol. The number of thiophene rings is 1. The predicted octanol–water partition coefficient (Wildman–Crippen LogP) is 5.17. The molecule has 0 aliphatic carbocycles. The van der Waals surface area contributed by atoms with E-state index in [2.05, 4.69) is 10.6 Å². The van der Waals surface area contributed by atoms with Gasteiger partial charge in [-0.05, 0) is 42.1 Å². The van der Waals surface area contributed by atoms with E-state index in [9.17, 15) is 9.18 Å². The molecule has 0 saturated carbocycles. The number of anilines is 1. The molecule has 134 valence electrons. The molecule has 26 heavy (non-hydrogen) atoms. The van der Waals surface area contributed by atoms with E-state index in [-0.39, 0.29) is 29.2 Å². The summed E-state index contributed by atoms with van der Waals surface area (Å²) in [6, 6.07) is 16.2. The Morgan fingerprint density at radius 2 is 1.96 bits per heavy atom. The molecule has 2 aromatic carbocycles. The molecule has 3 rings (SSSR count). The second kappa shape index (κ2) is 8.45. The first-order valence-corrected chi connectivity index (χ1v) is 9.37. The average Bonchev–Trinajstić information content (AvgIpc) is 3.13. The fourth-order valence-corrected chi connectivity index (χ4v) is 3.56. The highest BCUT2D eigenvalue weighted by molar-refractivity contribution is 7.10. The second-order valence-electron chi connectivity index (χ2n) is 5.91. The van der Waals surface area contributed by atoms with Crippen molar-refractivity contribution >= 4 is 34.5 Å². The summed E-state index contributed by atoms with van der Waals surface area (Å²) < 4.78 is 13.8. The number of benzene rings is 2. The summed E-state index contributed by atoms with van der Waals surface area (Å²) in [7, 11) is 0. The highest BCUT2D eigenvalue weighted by Crippen LogP contribution is 2.26. The van der Waals surface area contributed by atoms with Gasteiger partial charge in [0, 0.05) is 9.90 Å². The second-order valence-corrected chi connectivity index (χ2v) is 7.33. The molecule has 0 saturated heterocycles. The molecule has 0 spiro atoms. The van der Waals surface area contributed by atoms with Crippen LogP contribution in [-0.2, 0) is 4.79 Å². The highest BCUT2D eigenvalue weighted by atomic mass is 35.5. The smallest absolute Gasteiger partial charge is 0.238 e. The van der Waals surface area contributed by atoms with E-state index in [0.717, 1.165) is 10.4 Å². The van der Waals surface area contributed by atoms with Crippen molar-refractivity contribution in [2.75, 3.05) is 11.9 Å². The maximum Gasteiger partial charge on any atom is 0.238 e. The van der Waals surface area contributed by atoms with Crippen molar-refractivity contribution in [3.8, 4) is 0 Å². The lowest BCUT2D eigenvalue weighted by Crippen LogP contribution is -2.31. The lowest BCUT2D eigenvalue weighted by Gasteiger charge is -2.18. The number of carbonyl (C=O) groups excluding carboxylic acids is 1. The fourth-order valence-electron chi connectivity index (χ4n) is 2.58. The number of rotatable bonds is 6. The number of hydrogen-bond acceptors (Lipinski definition) is 3. The molecule has 6 heteroatoms. The number of hydrogen-bond donors (Lipinski definition) is 2. The third-order valence-corrected chi connectivity index (χ3v) is 5.08. The number of amides is 1. The molecule has 0 fully saturated rings. The number of aryl methyl sites for hydroxylation is 1. The van der Waals surface area contributed by atoms with Gasteiger partial charge in [-0.15, -0.1) is 11.3 Å². The van der Waals surface area contributed by atoms with Crippen molar-refractivity contribution in [3.63, 3.8) is 0 Å². The molecule has 1 aromatic heterocycles. The monoisotopic (exact) mass is 388 g/mol. The summed E-state index contributed by atoms with van der Waals surface area (Å²) in [6.07, 6.45) is 0. The Bertz CT molecular complexity index is 881. The zero-order chi connectivity index (χ0) is 18.5. The van der Waals surface area contributed by atoms with E-state index >= 15 is 0 Å². The van der Waals surface area contributed by atoms with Gasteiger partial charge in [0.1, 0.15) is 5.82 Å². The molecule has 2 N–H and O–H groups in total. The molecular weight excluding hydrogens is 371 g/mol. The van der Waals surface area contributed by atoms with Crippen molar-refractivity contribution in [2.24, 2.45) is 0 Å². The Morgan fingerprint density at radius 1 is 1.19 bits per heavy atom. The van der Waals surface area contributed by atoms with E-state index < -0.39 is 5.82 Å². The van der Waals surface area contributed by atoms with Crippen LogP contribution in [0.4, 0.5) is 10.1 Å². The third-order valence-electron chi connectivity index (χ3n) is 3.91. The zero-order valence-electron chi connectivity index (χ0n) is 14.1. The van der Waals surface area contributed by atoms with Crippen LogP contribution in [0, 0.1) is 12.7 Å². The quantitative estimate of drug-likeness (QED) is 0.611. The Morgan fingerprint density at radius 3 is 2.62 bits per heavy atom. The summed E-state index contributed by atoms with van der Waals surface area (Å²) in [6.45, 7) is 2.09. The Balaban J connectivity index is 1.69. The number of halogens is 2. The fraction of sp³-hybridized carbons (Fsp3) is 0.150. The third kappa shape index (κ3) is 4.69. The summed E-state index contributed by atoms with van der Waals surface area (Å²) in [5.41, 5.74) is 2.36. The van der Waals surface area contributed by atoms with Crippen LogP contribution in [0.2, 0.25) is 5.02 Å². The summed E-state index contributed by atoms with van der Waals surface area (Å²) in [5.74, 6) is -0.876. The minimum Gasteiger partial charge on any atom is -0.322 e. The summed E-state index contributed by atoms with van der Waals surface area (Å²) in [4.78, 5) is 13.3. The van der Waals surface area contributed by atoms with Gasteiger partial charge in [-0.3, -0.25) is 10.1 Å². The molecule has 0 aliphatic rings. The van der Waals surface area contributed by atoms with Crippen molar-refractivity contribution in [1.82, 2.24) is 5.32 Å². The first-order chi connectivity index (χ1) is 12.5. The molecule has 1 atom stereocenters. The van der Waals surface area contributed by atoms with Crippen molar-refractivity contribution < 1.29 is 9.18 Å². The van der Waals surface area contributed by atoms with Gasteiger partial charge in [-0.2, -0.15) is 0 Å². The Kier molecular flexibility index (Phi) is 6.04. The molecule has 0 unspecified atom stereocenters. The first-order valence-electron chi connectivity index (χ1n) is 8.11. The van der Waals surface area contributed by atoms with E-state index in [0.29, 0.717) is 0 Å². The van der Waals surface area contributed by atoms with Crippen LogP contribution in [0.3, 0.4) is 0 Å². The summed E-state index contributed by atoms with van der Waals surface area (Å²) in [5, 5.41) is 8.11. The maximum atomic E-state index is 13.8. The van der Waals surface area contributed by atoms with Gasteiger partial charge in [-0.25, -0.2) is 4.39 Å². The molecule has 0 bridgehead atoms. The highest BCUT2D eigenvalue weighted by Gasteiger charge is 2.16. The maximum absolute atomic E-state index is 13.8. The molecular formula is C20H18ClFN2OS. The van der Waals surface area contributed by atoms with Gasteiger partial charge in [0.25, 0.3) is 0 Å². The van der Waals surface area contributed by atoms with Crippen LogP contribution in [0.25, 0.3) is 0 Å². The average molecular weight is 389 g/mol. The standard InChI is InChI=1S/C20H18ClFN2OS/c1-13-4-6-14(7-5-13)20(18-3-2-10-26-18)23-12-19(25)24-17-9-8-15(21)11-16(17)22/h2-11,20,23H,12H2,1H3,(H,24,25)/t20-/m1/s1.